The molecular weight excluding hydrogens is 304 g/mol. The molecule has 1 fully saturated rings. The molecule has 4 rings (SSSR count). The number of nitrogens with one attached hydrogen (secondary N) is 2. The first kappa shape index (κ1) is 14.4. The number of aromatic nitrogens is 2. The average Bonchev–Trinajstić information content (AvgIpc) is 3.39. The van der Waals surface area contributed by atoms with Crippen molar-refractivity contribution in [3.05, 3.63) is 54.1 Å². The van der Waals surface area contributed by atoms with Gasteiger partial charge in [0.05, 0.1) is 11.1 Å². The van der Waals surface area contributed by atoms with Crippen LogP contribution in [0.1, 0.15) is 23.2 Å². The minimum atomic E-state index is -0.964. The second-order valence-electron chi connectivity index (χ2n) is 5.84. The molecule has 0 amide bonds. The minimum absolute atomic E-state index is 0.220. The van der Waals surface area contributed by atoms with Gasteiger partial charge < -0.3 is 15.7 Å². The Morgan fingerprint density at radius 2 is 1.92 bits per heavy atom. The maximum atomic E-state index is 11.1. The number of benzene rings is 2. The van der Waals surface area contributed by atoms with E-state index in [0.29, 0.717) is 17.7 Å². The van der Waals surface area contributed by atoms with Gasteiger partial charge in [0, 0.05) is 17.1 Å². The molecule has 3 N–H and O–H groups in total. The number of carbonyl (C=O) groups is 1. The van der Waals surface area contributed by atoms with E-state index >= 15 is 0 Å². The molecule has 0 unspecified atom stereocenters. The van der Waals surface area contributed by atoms with Gasteiger partial charge in [-0.1, -0.05) is 18.2 Å². The number of hydrogen-bond donors (Lipinski definition) is 3. The summed E-state index contributed by atoms with van der Waals surface area (Å²) in [6.07, 6.45) is 2.31. The Hall–Kier alpha value is -3.15. The Kier molecular flexibility index (Phi) is 3.49. The van der Waals surface area contributed by atoms with Crippen molar-refractivity contribution < 1.29 is 9.90 Å². The van der Waals surface area contributed by atoms with Gasteiger partial charge in [0.15, 0.2) is 0 Å². The van der Waals surface area contributed by atoms with Crippen LogP contribution in [-0.4, -0.2) is 27.1 Å². The van der Waals surface area contributed by atoms with Gasteiger partial charge in [0.25, 0.3) is 0 Å². The maximum Gasteiger partial charge on any atom is 0.335 e. The summed E-state index contributed by atoms with van der Waals surface area (Å²) in [5.74, 6) is 0.286. The number of hydrogen-bond acceptors (Lipinski definition) is 5. The van der Waals surface area contributed by atoms with Gasteiger partial charge in [-0.25, -0.2) is 9.78 Å². The molecule has 1 saturated carbocycles. The number of nitrogens with zero attached hydrogens (tertiary/aromatic N) is 2. The minimum Gasteiger partial charge on any atom is -0.478 e. The average molecular weight is 320 g/mol. The Morgan fingerprint density at radius 1 is 1.08 bits per heavy atom. The molecule has 1 aliphatic carbocycles. The lowest BCUT2D eigenvalue weighted by Crippen LogP contribution is -2.07. The largest absolute Gasteiger partial charge is 0.478 e. The van der Waals surface area contributed by atoms with Gasteiger partial charge >= 0.3 is 5.97 Å². The van der Waals surface area contributed by atoms with Crippen molar-refractivity contribution in [3.8, 4) is 0 Å². The van der Waals surface area contributed by atoms with Crippen LogP contribution in [0.4, 0.5) is 17.5 Å². The zero-order valence-corrected chi connectivity index (χ0v) is 12.9. The molecule has 6 nitrogen and oxygen atoms in total. The van der Waals surface area contributed by atoms with Gasteiger partial charge in [0.2, 0.25) is 5.95 Å². The molecule has 1 heterocycles. The highest BCUT2D eigenvalue weighted by Gasteiger charge is 2.22. The van der Waals surface area contributed by atoms with E-state index in [2.05, 4.69) is 20.6 Å². The number of fused-ring (bicyclic) bond motifs is 1. The first-order valence-corrected chi connectivity index (χ1v) is 7.83. The zero-order chi connectivity index (χ0) is 16.5. The fraction of sp³-hybridized carbons (Fsp3) is 0.167. The number of para-hydroxylation sites is 1. The van der Waals surface area contributed by atoms with Crippen LogP contribution >= 0.6 is 0 Å². The number of rotatable bonds is 5. The Labute approximate surface area is 138 Å². The van der Waals surface area contributed by atoms with Crippen LogP contribution in [0, 0.1) is 0 Å². The molecule has 0 saturated heterocycles. The van der Waals surface area contributed by atoms with Crippen LogP contribution in [0.3, 0.4) is 0 Å². The maximum absolute atomic E-state index is 11.1. The molecule has 0 spiro atoms. The molecule has 0 atom stereocenters. The van der Waals surface area contributed by atoms with E-state index in [1.54, 1.807) is 24.3 Å². The summed E-state index contributed by atoms with van der Waals surface area (Å²) in [6, 6.07) is 14.9. The summed E-state index contributed by atoms with van der Waals surface area (Å²) >= 11 is 0. The predicted molar refractivity (Wildman–Crippen MR) is 92.9 cm³/mol. The van der Waals surface area contributed by atoms with Crippen molar-refractivity contribution in [2.45, 2.75) is 18.9 Å². The molecule has 120 valence electrons. The van der Waals surface area contributed by atoms with E-state index in [0.717, 1.165) is 29.6 Å². The highest BCUT2D eigenvalue weighted by atomic mass is 16.4. The van der Waals surface area contributed by atoms with E-state index in [-0.39, 0.29) is 5.56 Å². The van der Waals surface area contributed by atoms with Crippen molar-refractivity contribution in [3.63, 3.8) is 0 Å². The van der Waals surface area contributed by atoms with Crippen LogP contribution < -0.4 is 10.6 Å². The Bertz CT molecular complexity index is 922. The lowest BCUT2D eigenvalue weighted by Gasteiger charge is -2.11. The summed E-state index contributed by atoms with van der Waals surface area (Å²) in [6.45, 7) is 0. The van der Waals surface area contributed by atoms with E-state index < -0.39 is 5.97 Å². The second kappa shape index (κ2) is 5.81. The SMILES string of the molecule is O=C(O)c1cccc(Nc2nc(NC3CC3)c3ccccc3n2)c1. The smallest absolute Gasteiger partial charge is 0.335 e. The molecular formula is C18H16N4O2. The molecule has 3 aromatic rings. The van der Waals surface area contributed by atoms with E-state index in [4.69, 9.17) is 5.11 Å². The van der Waals surface area contributed by atoms with Crippen LogP contribution in [0.25, 0.3) is 10.9 Å². The van der Waals surface area contributed by atoms with Gasteiger partial charge in [-0.15, -0.1) is 0 Å². The first-order valence-electron chi connectivity index (χ1n) is 7.83. The quantitative estimate of drug-likeness (QED) is 0.665. The Morgan fingerprint density at radius 3 is 2.71 bits per heavy atom. The van der Waals surface area contributed by atoms with Crippen molar-refractivity contribution in [1.82, 2.24) is 9.97 Å². The number of carboxylic acid groups (broad SMARTS) is 1. The van der Waals surface area contributed by atoms with Gasteiger partial charge in [-0.05, 0) is 43.2 Å². The van der Waals surface area contributed by atoms with E-state index in [1.165, 1.54) is 0 Å². The van der Waals surface area contributed by atoms with Crippen LogP contribution in [-0.2, 0) is 0 Å². The van der Waals surface area contributed by atoms with E-state index in [9.17, 15) is 4.79 Å². The summed E-state index contributed by atoms with van der Waals surface area (Å²) < 4.78 is 0. The third-order valence-corrected chi connectivity index (χ3v) is 3.89. The normalized spacial score (nSPS) is 13.7. The molecule has 6 heteroatoms. The fourth-order valence-electron chi connectivity index (χ4n) is 2.52. The summed E-state index contributed by atoms with van der Waals surface area (Å²) in [5.41, 5.74) is 1.70. The fourth-order valence-corrected chi connectivity index (χ4v) is 2.52. The molecule has 0 radical (unpaired) electrons. The summed E-state index contributed by atoms with van der Waals surface area (Å²) in [4.78, 5) is 20.2. The van der Waals surface area contributed by atoms with Gasteiger partial charge in [-0.2, -0.15) is 4.98 Å². The molecule has 0 bridgehead atoms. The highest BCUT2D eigenvalue weighted by Crippen LogP contribution is 2.29. The standard InChI is InChI=1S/C18H16N4O2/c23-17(24)11-4-3-5-13(10-11)20-18-21-15-7-2-1-6-14(15)16(22-18)19-12-8-9-12/h1-7,10,12H,8-9H2,(H,23,24)(H2,19,20,21,22). The topological polar surface area (TPSA) is 87.1 Å². The van der Waals surface area contributed by atoms with Crippen molar-refractivity contribution in [2.75, 3.05) is 10.6 Å². The summed E-state index contributed by atoms with van der Waals surface area (Å²) in [7, 11) is 0. The lowest BCUT2D eigenvalue weighted by atomic mass is 10.2. The summed E-state index contributed by atoms with van der Waals surface area (Å²) in [5, 5.41) is 16.6. The third kappa shape index (κ3) is 2.99. The molecule has 0 aliphatic heterocycles. The van der Waals surface area contributed by atoms with E-state index in [1.807, 2.05) is 24.3 Å². The molecule has 1 aliphatic rings. The van der Waals surface area contributed by atoms with Gasteiger partial charge in [-0.3, -0.25) is 0 Å². The number of carboxylic acids is 1. The van der Waals surface area contributed by atoms with Crippen LogP contribution in [0.2, 0.25) is 0 Å². The molecule has 2 aromatic carbocycles. The van der Waals surface area contributed by atoms with Crippen molar-refractivity contribution >= 4 is 34.3 Å². The number of aromatic carboxylic acids is 1. The second-order valence-corrected chi connectivity index (χ2v) is 5.84. The third-order valence-electron chi connectivity index (χ3n) is 3.89. The monoisotopic (exact) mass is 320 g/mol. The Balaban J connectivity index is 1.71. The van der Waals surface area contributed by atoms with Crippen LogP contribution in [0.15, 0.2) is 48.5 Å². The van der Waals surface area contributed by atoms with Crippen molar-refractivity contribution in [1.29, 1.82) is 0 Å². The molecule has 1 aromatic heterocycles. The first-order chi connectivity index (χ1) is 11.7. The lowest BCUT2D eigenvalue weighted by molar-refractivity contribution is 0.0697. The van der Waals surface area contributed by atoms with Crippen LogP contribution in [0.5, 0.6) is 0 Å². The molecule has 24 heavy (non-hydrogen) atoms. The van der Waals surface area contributed by atoms with Crippen molar-refractivity contribution in [2.24, 2.45) is 0 Å². The zero-order valence-electron chi connectivity index (χ0n) is 12.9. The predicted octanol–water partition coefficient (Wildman–Crippen LogP) is 3.65. The van der Waals surface area contributed by atoms with Gasteiger partial charge in [0.1, 0.15) is 5.82 Å². The highest BCUT2D eigenvalue weighted by molar-refractivity contribution is 5.91. The number of anilines is 3.